The molecule has 2 aliphatic heterocycles. The molecule has 18 heavy (non-hydrogen) atoms. The molecule has 0 radical (unpaired) electrons. The van der Waals surface area contributed by atoms with E-state index in [1.807, 2.05) is 0 Å². The number of ether oxygens (including phenoxy) is 1. The van der Waals surface area contributed by atoms with E-state index in [4.69, 9.17) is 10.8 Å². The van der Waals surface area contributed by atoms with Crippen LogP contribution in [0.25, 0.3) is 0 Å². The van der Waals surface area contributed by atoms with Crippen LogP contribution in [0.4, 0.5) is 4.79 Å². The molecule has 1 unspecified atom stereocenters. The van der Waals surface area contributed by atoms with Crippen molar-refractivity contribution in [2.24, 2.45) is 5.73 Å². The van der Waals surface area contributed by atoms with Crippen molar-refractivity contribution in [3.63, 3.8) is 0 Å². The van der Waals surface area contributed by atoms with Gasteiger partial charge in [0.1, 0.15) is 11.4 Å². The fourth-order valence-electron chi connectivity index (χ4n) is 1.79. The fourth-order valence-corrected chi connectivity index (χ4v) is 3.01. The van der Waals surface area contributed by atoms with Crippen LogP contribution in [0.1, 0.15) is 0 Å². The van der Waals surface area contributed by atoms with Gasteiger partial charge >= 0.3 is 12.1 Å². The minimum absolute atomic E-state index is 0.135. The summed E-state index contributed by atoms with van der Waals surface area (Å²) >= 11 is 1.30. The number of carboxylic acids is 1. The molecular formula is C9H11N3O5S. The summed E-state index contributed by atoms with van der Waals surface area (Å²) in [5.41, 5.74) is 5.47. The molecular weight excluding hydrogens is 262 g/mol. The van der Waals surface area contributed by atoms with Crippen molar-refractivity contribution in [3.05, 3.63) is 11.4 Å². The van der Waals surface area contributed by atoms with Gasteiger partial charge in [-0.25, -0.2) is 9.59 Å². The van der Waals surface area contributed by atoms with Gasteiger partial charge in [0.15, 0.2) is 5.70 Å². The Bertz CT molecular complexity index is 463. The number of hydrogen-bond acceptors (Lipinski definition) is 6. The molecule has 0 saturated carbocycles. The molecule has 0 spiro atoms. The number of aliphatic carboxylic acids is 1. The second-order valence-corrected chi connectivity index (χ2v) is 4.79. The number of hydrogen-bond donors (Lipinski definition) is 3. The highest BCUT2D eigenvalue weighted by molar-refractivity contribution is 8.00. The molecule has 1 saturated heterocycles. The Morgan fingerprint density at radius 3 is 2.83 bits per heavy atom. The van der Waals surface area contributed by atoms with E-state index in [9.17, 15) is 14.4 Å². The van der Waals surface area contributed by atoms with Crippen LogP contribution in [-0.2, 0) is 14.3 Å². The van der Waals surface area contributed by atoms with E-state index >= 15 is 0 Å². The molecule has 98 valence electrons. The lowest BCUT2D eigenvalue weighted by atomic mass is 10.1. The third-order valence-corrected chi connectivity index (χ3v) is 3.95. The SMILES string of the molecule is COC(=O)NC1=C(C(=O)O)N2C(=O)C(N)[C@@H]2SC1. The van der Waals surface area contributed by atoms with E-state index in [-0.39, 0.29) is 22.5 Å². The topological polar surface area (TPSA) is 122 Å². The van der Waals surface area contributed by atoms with Crippen molar-refractivity contribution in [2.45, 2.75) is 11.4 Å². The van der Waals surface area contributed by atoms with Crippen molar-refractivity contribution in [1.29, 1.82) is 0 Å². The van der Waals surface area contributed by atoms with Gasteiger partial charge in [-0.2, -0.15) is 0 Å². The molecule has 0 aromatic carbocycles. The summed E-state index contributed by atoms with van der Waals surface area (Å²) in [5.74, 6) is -1.50. The van der Waals surface area contributed by atoms with Crippen LogP contribution < -0.4 is 11.1 Å². The van der Waals surface area contributed by atoms with E-state index in [0.717, 1.165) is 4.90 Å². The zero-order chi connectivity index (χ0) is 13.4. The number of amides is 2. The fraction of sp³-hybridized carbons (Fsp3) is 0.444. The largest absolute Gasteiger partial charge is 0.477 e. The number of carbonyl (C=O) groups is 3. The Kier molecular flexibility index (Phi) is 3.18. The summed E-state index contributed by atoms with van der Waals surface area (Å²) in [5, 5.41) is 11.0. The van der Waals surface area contributed by atoms with Crippen LogP contribution in [-0.4, -0.2) is 52.3 Å². The Morgan fingerprint density at radius 2 is 2.28 bits per heavy atom. The maximum Gasteiger partial charge on any atom is 0.411 e. The Hall–Kier alpha value is -1.74. The number of thioether (sulfide) groups is 1. The molecule has 0 aromatic heterocycles. The van der Waals surface area contributed by atoms with E-state index in [1.165, 1.54) is 18.9 Å². The van der Waals surface area contributed by atoms with E-state index in [1.54, 1.807) is 0 Å². The van der Waals surface area contributed by atoms with Crippen molar-refractivity contribution >= 4 is 29.7 Å². The van der Waals surface area contributed by atoms with Gasteiger partial charge in [-0.15, -0.1) is 11.8 Å². The highest BCUT2D eigenvalue weighted by atomic mass is 32.2. The van der Waals surface area contributed by atoms with Gasteiger partial charge in [0, 0.05) is 5.75 Å². The Balaban J connectivity index is 2.32. The normalized spacial score (nSPS) is 26.3. The average molecular weight is 273 g/mol. The first-order chi connectivity index (χ1) is 8.47. The third-order valence-electron chi connectivity index (χ3n) is 2.65. The lowest BCUT2D eigenvalue weighted by Gasteiger charge is -2.47. The van der Waals surface area contributed by atoms with E-state index < -0.39 is 24.0 Å². The monoisotopic (exact) mass is 273 g/mol. The average Bonchev–Trinajstić information content (AvgIpc) is 2.36. The molecule has 2 amide bonds. The second-order valence-electron chi connectivity index (χ2n) is 3.68. The van der Waals surface area contributed by atoms with Gasteiger partial charge in [0.2, 0.25) is 5.91 Å². The molecule has 4 N–H and O–H groups in total. The zero-order valence-corrected chi connectivity index (χ0v) is 10.2. The van der Waals surface area contributed by atoms with Gasteiger partial charge in [0.25, 0.3) is 0 Å². The molecule has 8 nitrogen and oxygen atoms in total. The first-order valence-electron chi connectivity index (χ1n) is 4.99. The number of β-lactam (4-membered cyclic amide) rings is 1. The van der Waals surface area contributed by atoms with Crippen molar-refractivity contribution in [1.82, 2.24) is 10.2 Å². The second kappa shape index (κ2) is 4.50. The maximum absolute atomic E-state index is 11.6. The smallest absolute Gasteiger partial charge is 0.411 e. The summed E-state index contributed by atoms with van der Waals surface area (Å²) in [6, 6.07) is -0.691. The van der Waals surface area contributed by atoms with E-state index in [2.05, 4.69) is 10.1 Å². The summed E-state index contributed by atoms with van der Waals surface area (Å²) in [4.78, 5) is 34.9. The molecule has 2 heterocycles. The minimum atomic E-state index is -1.29. The number of alkyl carbamates (subject to hydrolysis) is 1. The molecule has 0 bridgehead atoms. The number of nitrogens with one attached hydrogen (secondary N) is 1. The molecule has 0 aliphatic carbocycles. The Labute approximate surface area is 106 Å². The summed E-state index contributed by atoms with van der Waals surface area (Å²) in [7, 11) is 1.17. The molecule has 2 aliphatic rings. The number of nitrogens with zero attached hydrogens (tertiary/aromatic N) is 1. The molecule has 2 atom stereocenters. The summed E-state index contributed by atoms with van der Waals surface area (Å²) in [6.45, 7) is 0. The zero-order valence-electron chi connectivity index (χ0n) is 9.37. The van der Waals surface area contributed by atoms with Crippen LogP contribution in [0.3, 0.4) is 0 Å². The van der Waals surface area contributed by atoms with Crippen molar-refractivity contribution < 1.29 is 24.2 Å². The summed E-state index contributed by atoms with van der Waals surface area (Å²) < 4.78 is 4.39. The van der Waals surface area contributed by atoms with Crippen LogP contribution in [0.2, 0.25) is 0 Å². The number of carboxylic acid groups (broad SMARTS) is 1. The van der Waals surface area contributed by atoms with E-state index in [0.29, 0.717) is 0 Å². The number of nitrogens with two attached hydrogens (primary N) is 1. The molecule has 2 rings (SSSR count). The van der Waals surface area contributed by atoms with Crippen LogP contribution >= 0.6 is 11.8 Å². The quantitative estimate of drug-likeness (QED) is 0.545. The number of carbonyl (C=O) groups excluding carboxylic acids is 2. The maximum atomic E-state index is 11.6. The first-order valence-corrected chi connectivity index (χ1v) is 6.04. The van der Waals surface area contributed by atoms with Crippen molar-refractivity contribution in [3.8, 4) is 0 Å². The Morgan fingerprint density at radius 1 is 1.61 bits per heavy atom. The standard InChI is InChI=1S/C9H11N3O5S/c1-17-9(16)11-3-2-18-7-4(10)6(13)12(7)5(3)8(14)15/h4,7H,2,10H2,1H3,(H,11,16)(H,14,15)/t4?,7-/m0/s1. The van der Waals surface area contributed by atoms with Gasteiger partial charge in [-0.1, -0.05) is 0 Å². The van der Waals surface area contributed by atoms with Crippen LogP contribution in [0, 0.1) is 0 Å². The van der Waals surface area contributed by atoms with Gasteiger partial charge < -0.3 is 15.6 Å². The number of fused-ring (bicyclic) bond motifs is 1. The lowest BCUT2D eigenvalue weighted by Crippen LogP contribution is -2.68. The van der Waals surface area contributed by atoms with Gasteiger partial charge in [-0.05, 0) is 0 Å². The van der Waals surface area contributed by atoms with Gasteiger partial charge in [-0.3, -0.25) is 15.0 Å². The highest BCUT2D eigenvalue weighted by Crippen LogP contribution is 2.38. The first kappa shape index (κ1) is 12.7. The third kappa shape index (κ3) is 1.81. The highest BCUT2D eigenvalue weighted by Gasteiger charge is 2.52. The van der Waals surface area contributed by atoms with Crippen LogP contribution in [0.15, 0.2) is 11.4 Å². The van der Waals surface area contributed by atoms with Crippen LogP contribution in [0.5, 0.6) is 0 Å². The van der Waals surface area contributed by atoms with Crippen molar-refractivity contribution in [2.75, 3.05) is 12.9 Å². The minimum Gasteiger partial charge on any atom is -0.477 e. The molecule has 0 aromatic rings. The molecule has 1 fully saturated rings. The number of rotatable bonds is 2. The van der Waals surface area contributed by atoms with Gasteiger partial charge in [0.05, 0.1) is 12.8 Å². The molecule has 9 heteroatoms. The summed E-state index contributed by atoms with van der Waals surface area (Å²) in [6.07, 6.45) is -0.778. The predicted molar refractivity (Wildman–Crippen MR) is 61.3 cm³/mol. The lowest BCUT2D eigenvalue weighted by molar-refractivity contribution is -0.148. The number of methoxy groups -OCH3 is 1. The predicted octanol–water partition coefficient (Wildman–Crippen LogP) is -1.12.